The average Bonchev–Trinajstić information content (AvgIpc) is 2.54. The van der Waals surface area contributed by atoms with Crippen LogP contribution in [0.4, 0.5) is 11.4 Å². The highest BCUT2D eigenvalue weighted by molar-refractivity contribution is 6.30. The van der Waals surface area contributed by atoms with E-state index in [4.69, 9.17) is 11.6 Å². The van der Waals surface area contributed by atoms with Gasteiger partial charge < -0.3 is 10.6 Å². The molecule has 2 rings (SSSR count). The zero-order valence-corrected chi connectivity index (χ0v) is 14.5. The summed E-state index contributed by atoms with van der Waals surface area (Å²) in [4.78, 5) is 12.3. The topological polar surface area (TPSA) is 64.9 Å². The number of nitriles is 1. The van der Waals surface area contributed by atoms with E-state index in [2.05, 4.69) is 10.6 Å². The Morgan fingerprint density at radius 3 is 2.54 bits per heavy atom. The first-order valence-corrected chi connectivity index (χ1v) is 7.80. The number of carbonyl (C=O) groups excluding carboxylic acids is 1. The van der Waals surface area contributed by atoms with Gasteiger partial charge in [0.2, 0.25) is 0 Å². The second-order valence-electron chi connectivity index (χ2n) is 5.47. The number of anilines is 2. The fraction of sp³-hybridized carbons (Fsp3) is 0.158. The number of aryl methyl sites for hydroxylation is 2. The van der Waals surface area contributed by atoms with Crippen LogP contribution < -0.4 is 10.6 Å². The van der Waals surface area contributed by atoms with Crippen LogP contribution in [-0.2, 0) is 4.79 Å². The molecule has 0 unspecified atom stereocenters. The van der Waals surface area contributed by atoms with Crippen molar-refractivity contribution in [3.05, 3.63) is 69.9 Å². The summed E-state index contributed by atoms with van der Waals surface area (Å²) in [7, 11) is 0. The van der Waals surface area contributed by atoms with E-state index in [-0.39, 0.29) is 5.57 Å². The summed E-state index contributed by atoms with van der Waals surface area (Å²) in [6.07, 6.45) is 1.40. The van der Waals surface area contributed by atoms with Gasteiger partial charge in [-0.15, -0.1) is 0 Å². The molecule has 24 heavy (non-hydrogen) atoms. The molecule has 5 heteroatoms. The van der Waals surface area contributed by atoms with E-state index in [1.807, 2.05) is 45.0 Å². The van der Waals surface area contributed by atoms with Crippen molar-refractivity contribution in [3.8, 4) is 6.07 Å². The second-order valence-corrected chi connectivity index (χ2v) is 5.91. The van der Waals surface area contributed by atoms with Gasteiger partial charge in [-0.2, -0.15) is 5.26 Å². The molecule has 0 heterocycles. The first kappa shape index (κ1) is 17.6. The van der Waals surface area contributed by atoms with Gasteiger partial charge in [0.25, 0.3) is 5.91 Å². The summed E-state index contributed by atoms with van der Waals surface area (Å²) in [6, 6.07) is 12.9. The van der Waals surface area contributed by atoms with Gasteiger partial charge in [0.15, 0.2) is 0 Å². The van der Waals surface area contributed by atoms with E-state index in [0.29, 0.717) is 10.7 Å². The van der Waals surface area contributed by atoms with Crippen LogP contribution in [0.15, 0.2) is 48.2 Å². The van der Waals surface area contributed by atoms with Crippen molar-refractivity contribution in [2.75, 3.05) is 10.6 Å². The first-order chi connectivity index (χ1) is 11.4. The van der Waals surface area contributed by atoms with Gasteiger partial charge in [0.1, 0.15) is 11.6 Å². The maximum Gasteiger partial charge on any atom is 0.267 e. The average molecular weight is 340 g/mol. The molecule has 0 aliphatic carbocycles. The summed E-state index contributed by atoms with van der Waals surface area (Å²) in [5.74, 6) is -0.453. The summed E-state index contributed by atoms with van der Waals surface area (Å²) in [5, 5.41) is 15.6. The third-order valence-corrected chi connectivity index (χ3v) is 4.01. The Kier molecular flexibility index (Phi) is 5.62. The molecule has 0 aliphatic rings. The smallest absolute Gasteiger partial charge is 0.267 e. The lowest BCUT2D eigenvalue weighted by Gasteiger charge is -2.10. The zero-order valence-electron chi connectivity index (χ0n) is 13.8. The van der Waals surface area contributed by atoms with E-state index in [1.165, 1.54) is 6.20 Å². The molecule has 4 nitrogen and oxygen atoms in total. The van der Waals surface area contributed by atoms with Crippen molar-refractivity contribution in [1.29, 1.82) is 5.26 Å². The molecular formula is C19H18ClN3O. The number of amides is 1. The third-order valence-electron chi connectivity index (χ3n) is 3.78. The number of benzene rings is 2. The normalized spacial score (nSPS) is 10.9. The fourth-order valence-electron chi connectivity index (χ4n) is 2.16. The molecule has 0 bridgehead atoms. The van der Waals surface area contributed by atoms with Gasteiger partial charge in [-0.1, -0.05) is 23.7 Å². The zero-order chi connectivity index (χ0) is 17.7. The highest BCUT2D eigenvalue weighted by Crippen LogP contribution is 2.21. The van der Waals surface area contributed by atoms with Crippen molar-refractivity contribution in [2.45, 2.75) is 20.8 Å². The SMILES string of the molecule is Cc1cc(Cl)ccc1N/C=C(/C#N)C(=O)Nc1cccc(C)c1C. The summed E-state index contributed by atoms with van der Waals surface area (Å²) in [6.45, 7) is 5.79. The van der Waals surface area contributed by atoms with Gasteiger partial charge in [0.05, 0.1) is 0 Å². The molecule has 0 radical (unpaired) electrons. The Morgan fingerprint density at radius 1 is 1.12 bits per heavy atom. The van der Waals surface area contributed by atoms with Crippen LogP contribution >= 0.6 is 11.6 Å². The van der Waals surface area contributed by atoms with Crippen LogP contribution in [0, 0.1) is 32.1 Å². The number of carbonyl (C=O) groups is 1. The molecule has 0 saturated heterocycles. The molecule has 0 saturated carbocycles. The first-order valence-electron chi connectivity index (χ1n) is 7.43. The number of nitrogens with zero attached hydrogens (tertiary/aromatic N) is 1. The van der Waals surface area contributed by atoms with Crippen molar-refractivity contribution in [3.63, 3.8) is 0 Å². The minimum absolute atomic E-state index is 0.00902. The lowest BCUT2D eigenvalue weighted by Crippen LogP contribution is -2.15. The molecule has 122 valence electrons. The molecule has 0 fully saturated rings. The van der Waals surface area contributed by atoms with Crippen LogP contribution in [0.3, 0.4) is 0 Å². The molecule has 0 aromatic heterocycles. The molecule has 0 atom stereocenters. The molecule has 0 spiro atoms. The van der Waals surface area contributed by atoms with Crippen LogP contribution in [0.1, 0.15) is 16.7 Å². The highest BCUT2D eigenvalue weighted by Gasteiger charge is 2.11. The van der Waals surface area contributed by atoms with Crippen molar-refractivity contribution in [1.82, 2.24) is 0 Å². The van der Waals surface area contributed by atoms with Crippen LogP contribution in [0.25, 0.3) is 0 Å². The Bertz CT molecular complexity index is 850. The molecule has 2 N–H and O–H groups in total. The third kappa shape index (κ3) is 4.15. The van der Waals surface area contributed by atoms with E-state index < -0.39 is 5.91 Å². The quantitative estimate of drug-likeness (QED) is 0.625. The largest absolute Gasteiger partial charge is 0.360 e. The Labute approximate surface area is 146 Å². The van der Waals surface area contributed by atoms with E-state index in [1.54, 1.807) is 18.2 Å². The second kappa shape index (κ2) is 7.67. The monoisotopic (exact) mass is 339 g/mol. The molecule has 2 aromatic rings. The van der Waals surface area contributed by atoms with Gasteiger partial charge in [-0.05, 0) is 61.7 Å². The maximum atomic E-state index is 12.3. The summed E-state index contributed by atoms with van der Waals surface area (Å²) < 4.78 is 0. The molecule has 2 aromatic carbocycles. The van der Waals surface area contributed by atoms with Gasteiger partial charge >= 0.3 is 0 Å². The van der Waals surface area contributed by atoms with Crippen LogP contribution in [0.5, 0.6) is 0 Å². The number of halogens is 1. The van der Waals surface area contributed by atoms with Gasteiger partial charge in [-0.25, -0.2) is 0 Å². The molecule has 0 aliphatic heterocycles. The predicted molar refractivity (Wildman–Crippen MR) is 98.1 cm³/mol. The van der Waals surface area contributed by atoms with Gasteiger partial charge in [-0.3, -0.25) is 4.79 Å². The van der Waals surface area contributed by atoms with E-state index in [0.717, 1.165) is 22.4 Å². The lowest BCUT2D eigenvalue weighted by atomic mass is 10.1. The number of hydrogen-bond acceptors (Lipinski definition) is 3. The standard InChI is InChI=1S/C19H18ClN3O/c1-12-5-4-6-18(14(12)3)23-19(24)15(10-21)11-22-17-8-7-16(20)9-13(17)2/h4-9,11,22H,1-3H3,(H,23,24)/b15-11-. The Balaban J connectivity index is 2.17. The number of hydrogen-bond donors (Lipinski definition) is 2. The van der Waals surface area contributed by atoms with E-state index in [9.17, 15) is 10.1 Å². The predicted octanol–water partition coefficient (Wildman–Crippen LogP) is 4.72. The number of nitrogens with one attached hydrogen (secondary N) is 2. The number of rotatable bonds is 4. The molecular weight excluding hydrogens is 322 g/mol. The van der Waals surface area contributed by atoms with E-state index >= 15 is 0 Å². The van der Waals surface area contributed by atoms with Crippen molar-refractivity contribution >= 4 is 28.9 Å². The highest BCUT2D eigenvalue weighted by atomic mass is 35.5. The minimum atomic E-state index is -0.453. The van der Waals surface area contributed by atoms with Crippen LogP contribution in [0.2, 0.25) is 5.02 Å². The van der Waals surface area contributed by atoms with Crippen LogP contribution in [-0.4, -0.2) is 5.91 Å². The summed E-state index contributed by atoms with van der Waals surface area (Å²) >= 11 is 5.92. The summed E-state index contributed by atoms with van der Waals surface area (Å²) in [5.41, 5.74) is 4.45. The van der Waals surface area contributed by atoms with Crippen molar-refractivity contribution < 1.29 is 4.79 Å². The van der Waals surface area contributed by atoms with Gasteiger partial charge in [0, 0.05) is 22.6 Å². The lowest BCUT2D eigenvalue weighted by molar-refractivity contribution is -0.112. The molecule has 1 amide bonds. The Morgan fingerprint density at radius 2 is 1.88 bits per heavy atom. The maximum absolute atomic E-state index is 12.3. The van der Waals surface area contributed by atoms with Crippen molar-refractivity contribution in [2.24, 2.45) is 0 Å². The Hall–Kier alpha value is -2.77. The fourth-order valence-corrected chi connectivity index (χ4v) is 2.39. The minimum Gasteiger partial charge on any atom is -0.360 e.